The third kappa shape index (κ3) is 7.00. The Hall–Kier alpha value is -2.76. The number of hydrogen-bond acceptors (Lipinski definition) is 8. The monoisotopic (exact) mass is 560 g/mol. The molecule has 2 unspecified atom stereocenters. The van der Waals surface area contributed by atoms with Crippen molar-refractivity contribution in [3.8, 4) is 0 Å². The van der Waals surface area contributed by atoms with Gasteiger partial charge in [0.2, 0.25) is 0 Å². The molecule has 2 atom stereocenters. The molecule has 1 saturated heterocycles. The third-order valence-electron chi connectivity index (χ3n) is 6.37. The second-order valence-electron chi connectivity index (χ2n) is 9.14. The Morgan fingerprint density at radius 3 is 2.08 bits per heavy atom. The van der Waals surface area contributed by atoms with Crippen LogP contribution in [0.1, 0.15) is 31.2 Å². The van der Waals surface area contributed by atoms with Crippen molar-refractivity contribution in [3.63, 3.8) is 0 Å². The van der Waals surface area contributed by atoms with E-state index in [9.17, 15) is 21.9 Å². The van der Waals surface area contributed by atoms with Crippen LogP contribution in [0.15, 0.2) is 105 Å². The molecule has 0 saturated carbocycles. The fourth-order valence-corrected chi connectivity index (χ4v) is 8.92. The number of rotatable bonds is 12. The van der Waals surface area contributed by atoms with Crippen LogP contribution in [0.4, 0.5) is 0 Å². The molecule has 38 heavy (non-hydrogen) atoms. The summed E-state index contributed by atoms with van der Waals surface area (Å²) in [5, 5.41) is 10.3. The van der Waals surface area contributed by atoms with Crippen LogP contribution in [0.3, 0.4) is 0 Å². The Balaban J connectivity index is 1.71. The highest BCUT2D eigenvalue weighted by molar-refractivity contribution is 8.09. The van der Waals surface area contributed by atoms with Crippen molar-refractivity contribution in [2.45, 2.75) is 58.9 Å². The lowest BCUT2D eigenvalue weighted by atomic mass is 10.1. The van der Waals surface area contributed by atoms with Crippen molar-refractivity contribution in [2.75, 3.05) is 13.2 Å². The second kappa shape index (κ2) is 12.9. The van der Waals surface area contributed by atoms with Gasteiger partial charge in [-0.15, -0.1) is 0 Å². The van der Waals surface area contributed by atoms with Gasteiger partial charge in [-0.05, 0) is 60.7 Å². The molecular weight excluding hydrogens is 528 g/mol. The average Bonchev–Trinajstić information content (AvgIpc) is 3.45. The van der Waals surface area contributed by atoms with Gasteiger partial charge in [0.05, 0.1) is 35.0 Å². The van der Waals surface area contributed by atoms with Gasteiger partial charge in [0, 0.05) is 19.4 Å². The smallest absolute Gasteiger partial charge is 0.196 e. The van der Waals surface area contributed by atoms with E-state index in [4.69, 9.17) is 13.9 Å². The zero-order valence-corrected chi connectivity index (χ0v) is 22.5. The zero-order valence-electron chi connectivity index (χ0n) is 20.9. The predicted molar refractivity (Wildman–Crippen MR) is 142 cm³/mol. The van der Waals surface area contributed by atoms with E-state index >= 15 is 0 Å². The maximum absolute atomic E-state index is 13.7. The van der Waals surface area contributed by atoms with E-state index < -0.39 is 49.7 Å². The first-order chi connectivity index (χ1) is 18.3. The van der Waals surface area contributed by atoms with Crippen LogP contribution in [0.25, 0.3) is 0 Å². The molecule has 0 aliphatic carbocycles. The number of benzene rings is 2. The number of hydrogen-bond donors (Lipinski definition) is 1. The summed E-state index contributed by atoms with van der Waals surface area (Å²) >= 11 is 0. The summed E-state index contributed by atoms with van der Waals surface area (Å²) in [4.78, 5) is -0.216. The van der Waals surface area contributed by atoms with E-state index in [1.54, 1.807) is 54.8 Å². The Labute approximate surface area is 223 Å². The highest BCUT2D eigenvalue weighted by atomic mass is 32.3. The number of aliphatic hydroxyl groups is 1. The summed E-state index contributed by atoms with van der Waals surface area (Å²) in [6.45, 7) is 0.0360. The molecule has 2 heterocycles. The molecule has 4 rings (SSSR count). The largest absolute Gasteiger partial charge is 0.472 e. The number of furan rings is 1. The molecule has 1 aliphatic rings. The fraction of sp³-hybridized carbons (Fsp3) is 0.357. The molecule has 10 heteroatoms. The average molecular weight is 561 g/mol. The van der Waals surface area contributed by atoms with Crippen LogP contribution in [0.5, 0.6) is 0 Å². The van der Waals surface area contributed by atoms with Crippen molar-refractivity contribution in [1.82, 2.24) is 0 Å². The normalized spacial score (nSPS) is 17.9. The van der Waals surface area contributed by atoms with Crippen LogP contribution >= 0.6 is 0 Å². The fourth-order valence-electron chi connectivity index (χ4n) is 4.37. The molecule has 1 aliphatic heterocycles. The van der Waals surface area contributed by atoms with Gasteiger partial charge in [-0.1, -0.05) is 42.5 Å². The molecule has 3 aromatic rings. The molecule has 8 nitrogen and oxygen atoms in total. The second-order valence-corrected chi connectivity index (χ2v) is 13.7. The topological polar surface area (TPSA) is 120 Å². The van der Waals surface area contributed by atoms with Gasteiger partial charge in [-0.3, -0.25) is 0 Å². The summed E-state index contributed by atoms with van der Waals surface area (Å²) in [5.41, 5.74) is 1.07. The molecule has 0 radical (unpaired) electrons. The van der Waals surface area contributed by atoms with E-state index in [2.05, 4.69) is 0 Å². The Morgan fingerprint density at radius 2 is 1.58 bits per heavy atom. The minimum Gasteiger partial charge on any atom is -0.472 e. The molecule has 1 N–H and O–H groups in total. The first-order valence-electron chi connectivity index (χ1n) is 12.5. The summed E-state index contributed by atoms with van der Waals surface area (Å²) in [6, 6.07) is 16.8. The van der Waals surface area contributed by atoms with Gasteiger partial charge in [-0.2, -0.15) is 0 Å². The first-order valence-corrected chi connectivity index (χ1v) is 15.6. The van der Waals surface area contributed by atoms with Crippen LogP contribution < -0.4 is 0 Å². The maximum atomic E-state index is 13.7. The minimum atomic E-state index is -4.35. The molecule has 0 amide bonds. The van der Waals surface area contributed by atoms with Crippen LogP contribution in [0, 0.1) is 0 Å². The van der Waals surface area contributed by atoms with E-state index in [0.717, 1.165) is 18.4 Å². The van der Waals surface area contributed by atoms with Gasteiger partial charge < -0.3 is 19.0 Å². The minimum absolute atomic E-state index is 0.108. The lowest BCUT2D eigenvalue weighted by Gasteiger charge is -2.27. The lowest BCUT2D eigenvalue weighted by molar-refractivity contribution is -0.178. The Bertz CT molecular complexity index is 1310. The predicted octanol–water partition coefficient (Wildman–Crippen LogP) is 4.32. The third-order valence-corrected chi connectivity index (χ3v) is 11.5. The lowest BCUT2D eigenvalue weighted by Crippen LogP contribution is -2.32. The first kappa shape index (κ1) is 28.3. The van der Waals surface area contributed by atoms with Crippen molar-refractivity contribution in [3.05, 3.63) is 96.5 Å². The summed E-state index contributed by atoms with van der Waals surface area (Å²) < 4.78 is 70.1. The molecule has 2 aromatic carbocycles. The van der Waals surface area contributed by atoms with E-state index in [1.807, 2.05) is 0 Å². The molecule has 0 bridgehead atoms. The van der Waals surface area contributed by atoms with E-state index in [-0.39, 0.29) is 15.4 Å². The number of ether oxygens (including phenoxy) is 2. The van der Waals surface area contributed by atoms with Gasteiger partial charge in [0.15, 0.2) is 30.5 Å². The van der Waals surface area contributed by atoms with Gasteiger partial charge in [0.1, 0.15) is 0 Å². The van der Waals surface area contributed by atoms with Gasteiger partial charge >= 0.3 is 0 Å². The summed E-state index contributed by atoms with van der Waals surface area (Å²) in [7, 11) is -8.69. The molecule has 0 spiro atoms. The van der Waals surface area contributed by atoms with Crippen LogP contribution in [-0.2, 0) is 35.6 Å². The SMILES string of the molecule is O=S(=O)(c1ccccc1)C(C/C(=C\C(Cc1ccoc1)OC1CCCCO1)CO)S(=O)(=O)c1ccccc1. The van der Waals surface area contributed by atoms with E-state index in [1.165, 1.54) is 30.5 Å². The number of sulfone groups is 2. The quantitative estimate of drug-likeness (QED) is 0.325. The molecule has 1 aromatic heterocycles. The van der Waals surface area contributed by atoms with Crippen LogP contribution in [0.2, 0.25) is 0 Å². The highest BCUT2D eigenvalue weighted by Crippen LogP contribution is 2.31. The number of aliphatic hydroxyl groups excluding tert-OH is 1. The van der Waals surface area contributed by atoms with Gasteiger partial charge in [0.25, 0.3) is 0 Å². The van der Waals surface area contributed by atoms with Crippen molar-refractivity contribution in [1.29, 1.82) is 0 Å². The van der Waals surface area contributed by atoms with Crippen molar-refractivity contribution >= 4 is 19.7 Å². The van der Waals surface area contributed by atoms with Gasteiger partial charge in [-0.25, -0.2) is 16.8 Å². The van der Waals surface area contributed by atoms with E-state index in [0.29, 0.717) is 19.4 Å². The molecule has 204 valence electrons. The molecular formula is C28H32O8S2. The highest BCUT2D eigenvalue weighted by Gasteiger charge is 2.40. The zero-order chi connectivity index (χ0) is 27.0. The Morgan fingerprint density at radius 1 is 0.947 bits per heavy atom. The Kier molecular flexibility index (Phi) is 9.56. The van der Waals surface area contributed by atoms with Crippen molar-refractivity contribution < 1.29 is 35.8 Å². The standard InChI is InChI=1S/C28H32O8S2/c29-20-23(18-24(17-22-14-16-34-21-22)36-27-13-7-8-15-35-27)19-28(37(30,31)25-9-3-1-4-10-25)38(32,33)26-11-5-2-6-12-26/h1-6,9-12,14,16,18,21,24,27-29H,7-8,13,15,17,19-20H2/b23-18+. The summed E-state index contributed by atoms with van der Waals surface area (Å²) in [6.07, 6.45) is 6.22. The summed E-state index contributed by atoms with van der Waals surface area (Å²) in [5.74, 6) is 0. The van der Waals surface area contributed by atoms with Crippen molar-refractivity contribution in [2.24, 2.45) is 0 Å². The van der Waals surface area contributed by atoms with Crippen LogP contribution in [-0.4, -0.2) is 52.1 Å². The molecule has 1 fully saturated rings. The maximum Gasteiger partial charge on any atom is 0.196 e.